The number of anilines is 2. The first kappa shape index (κ1) is 22.0. The Balaban J connectivity index is 1.59. The highest BCUT2D eigenvalue weighted by Gasteiger charge is 2.31. The third kappa shape index (κ3) is 5.89. The van der Waals surface area contributed by atoms with Gasteiger partial charge in [-0.15, -0.1) is 0 Å². The van der Waals surface area contributed by atoms with Crippen molar-refractivity contribution in [3.8, 4) is 0 Å². The first-order valence-electron chi connectivity index (χ1n) is 9.58. The first-order chi connectivity index (χ1) is 14.2. The maximum absolute atomic E-state index is 12.8. The van der Waals surface area contributed by atoms with E-state index in [-0.39, 0.29) is 22.7 Å². The maximum Gasteiger partial charge on any atom is 0.416 e. The molecular weight excluding hydrogens is 419 g/mol. The lowest BCUT2D eigenvalue weighted by Crippen LogP contribution is -2.36. The van der Waals surface area contributed by atoms with Crippen molar-refractivity contribution in [2.24, 2.45) is 0 Å². The van der Waals surface area contributed by atoms with Crippen LogP contribution in [-0.4, -0.2) is 18.0 Å². The van der Waals surface area contributed by atoms with Crippen LogP contribution in [-0.2, 0) is 6.18 Å². The van der Waals surface area contributed by atoms with Gasteiger partial charge in [-0.25, -0.2) is 4.79 Å². The summed E-state index contributed by atoms with van der Waals surface area (Å²) in [7, 11) is 0. The van der Waals surface area contributed by atoms with E-state index in [1.165, 1.54) is 6.42 Å². The molecule has 2 aromatic rings. The smallest absolute Gasteiger partial charge is 0.349 e. The summed E-state index contributed by atoms with van der Waals surface area (Å²) in [6, 6.07) is 8.34. The second-order valence-electron chi connectivity index (χ2n) is 7.16. The van der Waals surface area contributed by atoms with Gasteiger partial charge in [0.25, 0.3) is 5.91 Å². The van der Waals surface area contributed by atoms with Gasteiger partial charge in [-0.1, -0.05) is 30.9 Å². The van der Waals surface area contributed by atoms with Crippen LogP contribution in [0.15, 0.2) is 42.5 Å². The summed E-state index contributed by atoms with van der Waals surface area (Å²) in [5.41, 5.74) is -0.236. The van der Waals surface area contributed by atoms with Gasteiger partial charge in [0.05, 0.1) is 16.3 Å². The Labute approximate surface area is 177 Å². The van der Waals surface area contributed by atoms with E-state index in [9.17, 15) is 22.8 Å². The van der Waals surface area contributed by atoms with Crippen LogP contribution in [0.4, 0.5) is 29.3 Å². The number of nitrogens with one attached hydrogen (secondary N) is 3. The maximum atomic E-state index is 12.8. The molecule has 0 aliphatic heterocycles. The van der Waals surface area contributed by atoms with Crippen LogP contribution >= 0.6 is 11.6 Å². The van der Waals surface area contributed by atoms with E-state index in [0.717, 1.165) is 43.9 Å². The zero-order valence-electron chi connectivity index (χ0n) is 16.0. The molecule has 9 heteroatoms. The molecule has 0 unspecified atom stereocenters. The number of rotatable bonds is 4. The Morgan fingerprint density at radius 3 is 2.23 bits per heavy atom. The minimum absolute atomic E-state index is 0.0205. The van der Waals surface area contributed by atoms with Gasteiger partial charge in [0.15, 0.2) is 0 Å². The second-order valence-corrected chi connectivity index (χ2v) is 7.56. The third-order valence-electron chi connectivity index (χ3n) is 4.89. The van der Waals surface area contributed by atoms with Crippen molar-refractivity contribution in [2.75, 3.05) is 10.6 Å². The van der Waals surface area contributed by atoms with Crippen LogP contribution in [0.2, 0.25) is 5.02 Å². The largest absolute Gasteiger partial charge is 0.416 e. The molecule has 0 spiro atoms. The quantitative estimate of drug-likeness (QED) is 0.541. The number of amides is 3. The summed E-state index contributed by atoms with van der Waals surface area (Å²) in [6.45, 7) is 0. The Morgan fingerprint density at radius 1 is 0.933 bits per heavy atom. The molecule has 3 N–H and O–H groups in total. The Morgan fingerprint density at radius 2 is 1.60 bits per heavy atom. The number of carbonyl (C=O) groups is 2. The predicted molar refractivity (Wildman–Crippen MR) is 110 cm³/mol. The summed E-state index contributed by atoms with van der Waals surface area (Å²) in [6.07, 6.45) is 0.816. The highest BCUT2D eigenvalue weighted by Crippen LogP contribution is 2.33. The standard InChI is InChI=1S/C21H21ClF3N3O2/c22-17-11-8-14(21(23,24)25)12-18(17)28-20(30)27-16-9-6-13(7-10-16)19(29)26-15-4-2-1-3-5-15/h6-12,15H,1-5H2,(H,26,29)(H2,27,28,30). The summed E-state index contributed by atoms with van der Waals surface area (Å²) in [5.74, 6) is -0.173. The zero-order chi connectivity index (χ0) is 21.7. The fraction of sp³-hybridized carbons (Fsp3) is 0.333. The number of carbonyl (C=O) groups excluding carboxylic acids is 2. The molecule has 0 saturated heterocycles. The lowest BCUT2D eigenvalue weighted by Gasteiger charge is -2.22. The van der Waals surface area contributed by atoms with Crippen molar-refractivity contribution in [3.05, 3.63) is 58.6 Å². The molecular formula is C21H21ClF3N3O2. The Kier molecular flexibility index (Phi) is 6.87. The molecule has 30 heavy (non-hydrogen) atoms. The lowest BCUT2D eigenvalue weighted by atomic mass is 9.95. The van der Waals surface area contributed by atoms with Crippen LogP contribution in [0.1, 0.15) is 48.0 Å². The summed E-state index contributed by atoms with van der Waals surface area (Å²) >= 11 is 5.87. The van der Waals surface area contributed by atoms with Gasteiger partial charge in [0.1, 0.15) is 0 Å². The molecule has 0 aromatic heterocycles. The van der Waals surface area contributed by atoms with Gasteiger partial charge >= 0.3 is 12.2 Å². The van der Waals surface area contributed by atoms with E-state index in [2.05, 4.69) is 16.0 Å². The first-order valence-corrected chi connectivity index (χ1v) is 9.96. The fourth-order valence-electron chi connectivity index (χ4n) is 3.30. The topological polar surface area (TPSA) is 70.2 Å². The number of alkyl halides is 3. The molecule has 0 bridgehead atoms. The molecule has 0 atom stereocenters. The Bertz CT molecular complexity index is 911. The normalized spacial score (nSPS) is 14.8. The van der Waals surface area contributed by atoms with E-state index in [1.54, 1.807) is 24.3 Å². The molecule has 2 aromatic carbocycles. The number of hydrogen-bond acceptors (Lipinski definition) is 2. The molecule has 5 nitrogen and oxygen atoms in total. The van der Waals surface area contributed by atoms with Crippen LogP contribution in [0.5, 0.6) is 0 Å². The minimum atomic E-state index is -4.55. The van der Waals surface area contributed by atoms with Crippen LogP contribution in [0.25, 0.3) is 0 Å². The molecule has 1 fully saturated rings. The molecule has 3 amide bonds. The Hall–Kier alpha value is -2.74. The number of hydrogen-bond donors (Lipinski definition) is 3. The summed E-state index contributed by atoms with van der Waals surface area (Å²) < 4.78 is 38.5. The second kappa shape index (κ2) is 9.38. The average molecular weight is 440 g/mol. The molecule has 1 saturated carbocycles. The van der Waals surface area contributed by atoms with Crippen molar-refractivity contribution >= 4 is 34.9 Å². The minimum Gasteiger partial charge on any atom is -0.349 e. The van der Waals surface area contributed by atoms with Crippen molar-refractivity contribution in [1.82, 2.24) is 5.32 Å². The molecule has 3 rings (SSSR count). The van der Waals surface area contributed by atoms with Gasteiger partial charge in [-0.3, -0.25) is 4.79 Å². The van der Waals surface area contributed by atoms with E-state index in [0.29, 0.717) is 11.3 Å². The van der Waals surface area contributed by atoms with E-state index in [4.69, 9.17) is 11.6 Å². The zero-order valence-corrected chi connectivity index (χ0v) is 16.7. The molecule has 1 aliphatic carbocycles. The molecule has 160 valence electrons. The van der Waals surface area contributed by atoms with Crippen molar-refractivity contribution in [1.29, 1.82) is 0 Å². The van der Waals surface area contributed by atoms with E-state index < -0.39 is 17.8 Å². The van der Waals surface area contributed by atoms with Crippen LogP contribution in [0, 0.1) is 0 Å². The van der Waals surface area contributed by atoms with Crippen LogP contribution in [0.3, 0.4) is 0 Å². The van der Waals surface area contributed by atoms with Gasteiger partial charge in [-0.2, -0.15) is 13.2 Å². The highest BCUT2D eigenvalue weighted by atomic mass is 35.5. The van der Waals surface area contributed by atoms with Gasteiger partial charge in [-0.05, 0) is 55.3 Å². The molecule has 0 radical (unpaired) electrons. The van der Waals surface area contributed by atoms with Gasteiger partial charge < -0.3 is 16.0 Å². The van der Waals surface area contributed by atoms with Crippen molar-refractivity contribution < 1.29 is 22.8 Å². The predicted octanol–water partition coefficient (Wildman–Crippen LogP) is 6.07. The summed E-state index contributed by atoms with van der Waals surface area (Å²) in [5, 5.41) is 7.79. The highest BCUT2D eigenvalue weighted by molar-refractivity contribution is 6.33. The monoisotopic (exact) mass is 439 g/mol. The van der Waals surface area contributed by atoms with Gasteiger partial charge in [0.2, 0.25) is 0 Å². The van der Waals surface area contributed by atoms with Gasteiger partial charge in [0, 0.05) is 17.3 Å². The fourth-order valence-corrected chi connectivity index (χ4v) is 3.47. The number of urea groups is 1. The SMILES string of the molecule is O=C(Nc1ccc(C(=O)NC2CCCCC2)cc1)Nc1cc(C(F)(F)F)ccc1Cl. The van der Waals surface area contributed by atoms with Crippen LogP contribution < -0.4 is 16.0 Å². The summed E-state index contributed by atoms with van der Waals surface area (Å²) in [4.78, 5) is 24.5. The lowest BCUT2D eigenvalue weighted by molar-refractivity contribution is -0.137. The molecule has 0 heterocycles. The molecule has 1 aliphatic rings. The van der Waals surface area contributed by atoms with E-state index >= 15 is 0 Å². The van der Waals surface area contributed by atoms with Crippen molar-refractivity contribution in [2.45, 2.75) is 44.3 Å². The number of halogens is 4. The third-order valence-corrected chi connectivity index (χ3v) is 5.22. The number of benzene rings is 2. The van der Waals surface area contributed by atoms with E-state index in [1.807, 2.05) is 0 Å². The van der Waals surface area contributed by atoms with Crippen molar-refractivity contribution in [3.63, 3.8) is 0 Å². The average Bonchev–Trinajstić information content (AvgIpc) is 2.70.